The van der Waals surface area contributed by atoms with Crippen LogP contribution in [0.15, 0.2) is 6.20 Å². The third-order valence-corrected chi connectivity index (χ3v) is 3.38. The third-order valence-electron chi connectivity index (χ3n) is 2.47. The van der Waals surface area contributed by atoms with Crippen molar-refractivity contribution in [1.82, 2.24) is 15.6 Å². The van der Waals surface area contributed by atoms with Crippen LogP contribution in [0.5, 0.6) is 0 Å². The smallest absolute Gasteiger partial charge is 0.221 e. The lowest BCUT2D eigenvalue weighted by atomic mass is 10.4. The molecule has 1 aromatic rings. The summed E-state index contributed by atoms with van der Waals surface area (Å²) in [5, 5.41) is 7.16. The summed E-state index contributed by atoms with van der Waals surface area (Å²) in [5.41, 5.74) is 0. The summed E-state index contributed by atoms with van der Waals surface area (Å²) in [6, 6.07) is 0.675. The highest BCUT2D eigenvalue weighted by Gasteiger charge is 2.19. The molecule has 88 valence electrons. The minimum absolute atomic E-state index is 0.0982. The number of rotatable bonds is 6. The van der Waals surface area contributed by atoms with Gasteiger partial charge in [0.15, 0.2) is 0 Å². The van der Waals surface area contributed by atoms with Gasteiger partial charge in [0.25, 0.3) is 0 Å². The van der Waals surface area contributed by atoms with Gasteiger partial charge in [-0.2, -0.15) is 0 Å². The molecule has 1 heterocycles. The van der Waals surface area contributed by atoms with Gasteiger partial charge in [0, 0.05) is 30.1 Å². The number of aromatic nitrogens is 1. The van der Waals surface area contributed by atoms with Gasteiger partial charge in [0.1, 0.15) is 5.01 Å². The minimum Gasteiger partial charge on any atom is -0.350 e. The fourth-order valence-electron chi connectivity index (χ4n) is 1.42. The van der Waals surface area contributed by atoms with Crippen LogP contribution in [0.25, 0.3) is 0 Å². The number of carbonyl (C=O) groups excluding carboxylic acids is 1. The van der Waals surface area contributed by atoms with Crippen molar-refractivity contribution < 1.29 is 4.79 Å². The van der Waals surface area contributed by atoms with E-state index in [2.05, 4.69) is 15.6 Å². The summed E-state index contributed by atoms with van der Waals surface area (Å²) >= 11 is 1.63. The molecule has 0 spiro atoms. The molecule has 1 aliphatic carbocycles. The molecule has 1 aromatic heterocycles. The number of hydrogen-bond donors (Lipinski definition) is 2. The Morgan fingerprint density at radius 3 is 3.06 bits per heavy atom. The molecule has 0 aromatic carbocycles. The molecule has 1 saturated carbocycles. The van der Waals surface area contributed by atoms with Crippen LogP contribution in [0.1, 0.15) is 29.1 Å². The number of nitrogens with one attached hydrogen (secondary N) is 2. The fourth-order valence-corrected chi connectivity index (χ4v) is 2.15. The van der Waals surface area contributed by atoms with Crippen molar-refractivity contribution in [2.45, 2.75) is 38.8 Å². The molecule has 2 rings (SSSR count). The summed E-state index contributed by atoms with van der Waals surface area (Å²) in [6.45, 7) is 3.36. The maximum absolute atomic E-state index is 11.5. The zero-order valence-electron chi connectivity index (χ0n) is 9.45. The van der Waals surface area contributed by atoms with E-state index >= 15 is 0 Å². The second-order valence-corrected chi connectivity index (χ2v) is 5.44. The fraction of sp³-hybridized carbons (Fsp3) is 0.636. The summed E-state index contributed by atoms with van der Waals surface area (Å²) in [5.74, 6) is 0.0982. The van der Waals surface area contributed by atoms with Crippen LogP contribution in [0, 0.1) is 6.92 Å². The molecule has 4 nitrogen and oxygen atoms in total. The molecule has 1 amide bonds. The molecule has 0 bridgehead atoms. The van der Waals surface area contributed by atoms with Crippen molar-refractivity contribution in [3.8, 4) is 0 Å². The van der Waals surface area contributed by atoms with E-state index in [0.717, 1.165) is 11.6 Å². The number of hydrogen-bond acceptors (Lipinski definition) is 4. The quantitative estimate of drug-likeness (QED) is 0.784. The Morgan fingerprint density at radius 1 is 1.62 bits per heavy atom. The highest BCUT2D eigenvalue weighted by atomic mass is 32.1. The van der Waals surface area contributed by atoms with Crippen LogP contribution >= 0.6 is 11.3 Å². The van der Waals surface area contributed by atoms with E-state index in [-0.39, 0.29) is 5.91 Å². The first-order valence-electron chi connectivity index (χ1n) is 5.65. The van der Waals surface area contributed by atoms with Crippen LogP contribution < -0.4 is 10.6 Å². The monoisotopic (exact) mass is 239 g/mol. The van der Waals surface area contributed by atoms with Crippen molar-refractivity contribution in [3.05, 3.63) is 16.1 Å². The second-order valence-electron chi connectivity index (χ2n) is 4.12. The minimum atomic E-state index is 0.0982. The second kappa shape index (κ2) is 5.41. The van der Waals surface area contributed by atoms with Gasteiger partial charge >= 0.3 is 0 Å². The lowest BCUT2D eigenvalue weighted by Crippen LogP contribution is -2.28. The Labute approximate surface area is 99.5 Å². The summed E-state index contributed by atoms with van der Waals surface area (Å²) < 4.78 is 0. The van der Waals surface area contributed by atoms with E-state index < -0.39 is 0 Å². The zero-order chi connectivity index (χ0) is 11.4. The van der Waals surface area contributed by atoms with Gasteiger partial charge < -0.3 is 10.6 Å². The predicted molar refractivity (Wildman–Crippen MR) is 64.3 cm³/mol. The van der Waals surface area contributed by atoms with Crippen molar-refractivity contribution in [3.63, 3.8) is 0 Å². The molecular weight excluding hydrogens is 222 g/mol. The van der Waals surface area contributed by atoms with Crippen LogP contribution in [0.3, 0.4) is 0 Å². The van der Waals surface area contributed by atoms with E-state index in [1.807, 2.05) is 13.1 Å². The van der Waals surface area contributed by atoms with Crippen molar-refractivity contribution >= 4 is 17.2 Å². The Hall–Kier alpha value is -0.940. The molecule has 1 aliphatic rings. The van der Waals surface area contributed by atoms with Gasteiger partial charge in [-0.15, -0.1) is 11.3 Å². The first-order valence-corrected chi connectivity index (χ1v) is 6.47. The van der Waals surface area contributed by atoms with Gasteiger partial charge in [-0.1, -0.05) is 0 Å². The lowest BCUT2D eigenvalue weighted by molar-refractivity contribution is -0.121. The maximum Gasteiger partial charge on any atom is 0.221 e. The van der Waals surface area contributed by atoms with Crippen molar-refractivity contribution in [1.29, 1.82) is 0 Å². The van der Waals surface area contributed by atoms with E-state index in [9.17, 15) is 4.79 Å². The molecule has 1 fully saturated rings. The molecule has 16 heavy (non-hydrogen) atoms. The SMILES string of the molecule is Cc1cnc(CNC(=O)CCNC2CC2)s1. The van der Waals surface area contributed by atoms with Gasteiger partial charge in [-0.05, 0) is 19.8 Å². The summed E-state index contributed by atoms with van der Waals surface area (Å²) in [6.07, 6.45) is 4.92. The predicted octanol–water partition coefficient (Wildman–Crippen LogP) is 1.21. The van der Waals surface area contributed by atoms with E-state index in [1.165, 1.54) is 17.7 Å². The first-order chi connectivity index (χ1) is 7.74. The lowest BCUT2D eigenvalue weighted by Gasteiger charge is -2.03. The van der Waals surface area contributed by atoms with E-state index in [0.29, 0.717) is 19.0 Å². The average molecular weight is 239 g/mol. The molecule has 0 aliphatic heterocycles. The maximum atomic E-state index is 11.5. The number of thiazole rings is 1. The van der Waals surface area contributed by atoms with Crippen molar-refractivity contribution in [2.75, 3.05) is 6.54 Å². The topological polar surface area (TPSA) is 54.0 Å². The zero-order valence-corrected chi connectivity index (χ0v) is 10.3. The molecule has 5 heteroatoms. The number of aryl methyl sites for hydroxylation is 1. The molecular formula is C11H17N3OS. The van der Waals surface area contributed by atoms with E-state index in [4.69, 9.17) is 0 Å². The molecule has 2 N–H and O–H groups in total. The summed E-state index contributed by atoms with van der Waals surface area (Å²) in [7, 11) is 0. The first kappa shape index (κ1) is 11.5. The summed E-state index contributed by atoms with van der Waals surface area (Å²) in [4.78, 5) is 16.8. The van der Waals surface area contributed by atoms with Crippen LogP contribution in [0.2, 0.25) is 0 Å². The van der Waals surface area contributed by atoms with Gasteiger partial charge in [0.05, 0.1) is 6.54 Å². The van der Waals surface area contributed by atoms with Crippen LogP contribution in [0.4, 0.5) is 0 Å². The Kier molecular flexibility index (Phi) is 3.90. The highest BCUT2D eigenvalue weighted by molar-refractivity contribution is 7.11. The van der Waals surface area contributed by atoms with Crippen molar-refractivity contribution in [2.24, 2.45) is 0 Å². The van der Waals surface area contributed by atoms with E-state index in [1.54, 1.807) is 11.3 Å². The average Bonchev–Trinajstić information content (AvgIpc) is 2.98. The van der Waals surface area contributed by atoms with Gasteiger partial charge in [-0.25, -0.2) is 4.98 Å². The van der Waals surface area contributed by atoms with Crippen LogP contribution in [-0.2, 0) is 11.3 Å². The Balaban J connectivity index is 1.59. The molecule has 0 atom stereocenters. The Morgan fingerprint density at radius 2 is 2.44 bits per heavy atom. The standard InChI is InChI=1S/C11H17N3OS/c1-8-6-14-11(16-8)7-13-10(15)4-5-12-9-2-3-9/h6,9,12H,2-5,7H2,1H3,(H,13,15). The van der Waals surface area contributed by atoms with Gasteiger partial charge in [-0.3, -0.25) is 4.79 Å². The molecule has 0 radical (unpaired) electrons. The highest BCUT2D eigenvalue weighted by Crippen LogP contribution is 2.18. The van der Waals surface area contributed by atoms with Crippen LogP contribution in [-0.4, -0.2) is 23.5 Å². The normalized spacial score (nSPS) is 15.1. The number of amides is 1. The third kappa shape index (κ3) is 3.90. The largest absolute Gasteiger partial charge is 0.350 e. The number of carbonyl (C=O) groups is 1. The Bertz CT molecular complexity index is 360. The van der Waals surface area contributed by atoms with Gasteiger partial charge in [0.2, 0.25) is 5.91 Å². The molecule has 0 saturated heterocycles. The number of nitrogens with zero attached hydrogens (tertiary/aromatic N) is 1. The molecule has 0 unspecified atom stereocenters.